The lowest BCUT2D eigenvalue weighted by Gasteiger charge is -2.33. The molecule has 0 unspecified atom stereocenters. The molecule has 1 saturated carbocycles. The zero-order valence-corrected chi connectivity index (χ0v) is 13.4. The molecule has 1 aliphatic rings. The SMILES string of the molecule is Cc1cc(S(=O)(=O)NCC2(C)CCCCC2)cc(N)c1F. The van der Waals surface area contributed by atoms with Crippen LogP contribution in [0, 0.1) is 18.2 Å². The number of sulfonamides is 1. The smallest absolute Gasteiger partial charge is 0.240 e. The number of hydrogen-bond acceptors (Lipinski definition) is 3. The van der Waals surface area contributed by atoms with Gasteiger partial charge in [0.15, 0.2) is 0 Å². The zero-order valence-electron chi connectivity index (χ0n) is 12.6. The van der Waals surface area contributed by atoms with Gasteiger partial charge >= 0.3 is 0 Å². The number of hydrogen-bond donors (Lipinski definition) is 2. The summed E-state index contributed by atoms with van der Waals surface area (Å²) in [6, 6.07) is 2.49. The highest BCUT2D eigenvalue weighted by molar-refractivity contribution is 7.89. The second kappa shape index (κ2) is 5.93. The lowest BCUT2D eigenvalue weighted by atomic mass is 9.76. The van der Waals surface area contributed by atoms with Gasteiger partial charge in [-0.15, -0.1) is 0 Å². The van der Waals surface area contributed by atoms with Crippen molar-refractivity contribution in [3.63, 3.8) is 0 Å². The fraction of sp³-hybridized carbons (Fsp3) is 0.600. The summed E-state index contributed by atoms with van der Waals surface area (Å²) in [5.74, 6) is -0.562. The molecule has 0 aromatic heterocycles. The van der Waals surface area contributed by atoms with Crippen molar-refractivity contribution in [2.45, 2.75) is 50.8 Å². The molecule has 118 valence electrons. The average Bonchev–Trinajstić information content (AvgIpc) is 2.43. The molecule has 6 heteroatoms. The second-order valence-electron chi connectivity index (χ2n) is 6.34. The van der Waals surface area contributed by atoms with E-state index in [2.05, 4.69) is 11.6 Å². The number of rotatable bonds is 4. The molecule has 0 spiro atoms. The molecule has 0 atom stereocenters. The van der Waals surface area contributed by atoms with E-state index in [0.717, 1.165) is 25.7 Å². The van der Waals surface area contributed by atoms with Crippen molar-refractivity contribution in [2.24, 2.45) is 5.41 Å². The van der Waals surface area contributed by atoms with Crippen LogP contribution >= 0.6 is 0 Å². The molecule has 0 aliphatic heterocycles. The third-order valence-corrected chi connectivity index (χ3v) is 5.70. The van der Waals surface area contributed by atoms with Crippen LogP contribution in [0.25, 0.3) is 0 Å². The van der Waals surface area contributed by atoms with E-state index in [1.54, 1.807) is 0 Å². The summed E-state index contributed by atoms with van der Waals surface area (Å²) in [4.78, 5) is 0.0262. The first-order valence-electron chi connectivity index (χ1n) is 7.29. The van der Waals surface area contributed by atoms with Gasteiger partial charge in [0.2, 0.25) is 10.0 Å². The summed E-state index contributed by atoms with van der Waals surface area (Å²) < 4.78 is 40.8. The summed E-state index contributed by atoms with van der Waals surface area (Å²) in [5, 5.41) is 0. The molecule has 1 aliphatic carbocycles. The average molecular weight is 314 g/mol. The molecule has 0 saturated heterocycles. The predicted octanol–water partition coefficient (Wildman–Crippen LogP) is 2.97. The summed E-state index contributed by atoms with van der Waals surface area (Å²) in [6.45, 7) is 4.03. The number of nitrogen functional groups attached to an aromatic ring is 1. The third kappa shape index (κ3) is 3.74. The molecule has 0 amide bonds. The molecule has 0 bridgehead atoms. The van der Waals surface area contributed by atoms with Gasteiger partial charge in [0, 0.05) is 6.54 Å². The Labute approximate surface area is 126 Å². The zero-order chi connectivity index (χ0) is 15.7. The third-order valence-electron chi connectivity index (χ3n) is 4.32. The Morgan fingerprint density at radius 2 is 1.90 bits per heavy atom. The highest BCUT2D eigenvalue weighted by Gasteiger charge is 2.29. The Hall–Kier alpha value is -1.14. The van der Waals surface area contributed by atoms with Crippen LogP contribution in [0.4, 0.5) is 10.1 Å². The van der Waals surface area contributed by atoms with E-state index in [9.17, 15) is 12.8 Å². The quantitative estimate of drug-likeness (QED) is 0.839. The van der Waals surface area contributed by atoms with Gasteiger partial charge in [-0.2, -0.15) is 0 Å². The van der Waals surface area contributed by atoms with Crippen LogP contribution in [-0.2, 0) is 10.0 Å². The Morgan fingerprint density at radius 3 is 2.48 bits per heavy atom. The van der Waals surface area contributed by atoms with Crippen molar-refractivity contribution in [3.05, 3.63) is 23.5 Å². The van der Waals surface area contributed by atoms with Gasteiger partial charge in [0.05, 0.1) is 10.6 Å². The Kier molecular flexibility index (Phi) is 4.58. The molecule has 1 aromatic carbocycles. The lowest BCUT2D eigenvalue weighted by Crippen LogP contribution is -2.37. The highest BCUT2D eigenvalue weighted by Crippen LogP contribution is 2.35. The first-order chi connectivity index (χ1) is 9.73. The van der Waals surface area contributed by atoms with E-state index in [1.807, 2.05) is 0 Å². The maximum absolute atomic E-state index is 13.5. The van der Waals surface area contributed by atoms with Crippen LogP contribution in [0.2, 0.25) is 0 Å². The van der Waals surface area contributed by atoms with Crippen LogP contribution in [0.15, 0.2) is 17.0 Å². The van der Waals surface area contributed by atoms with E-state index in [0.29, 0.717) is 6.54 Å². The maximum Gasteiger partial charge on any atom is 0.240 e. The largest absolute Gasteiger partial charge is 0.396 e. The van der Waals surface area contributed by atoms with Gasteiger partial charge in [0.1, 0.15) is 5.82 Å². The van der Waals surface area contributed by atoms with E-state index in [1.165, 1.54) is 25.5 Å². The lowest BCUT2D eigenvalue weighted by molar-refractivity contribution is 0.219. The fourth-order valence-corrected chi connectivity index (χ4v) is 4.17. The van der Waals surface area contributed by atoms with Gasteiger partial charge < -0.3 is 5.73 Å². The molecular formula is C15H23FN2O2S. The Bertz CT molecular complexity index is 600. The standard InChI is InChI=1S/C15H23FN2O2S/c1-11-8-12(9-13(17)14(11)16)21(19,20)18-10-15(2)6-4-3-5-7-15/h8-9,18H,3-7,10,17H2,1-2H3. The monoisotopic (exact) mass is 314 g/mol. The number of nitrogens with one attached hydrogen (secondary N) is 1. The predicted molar refractivity (Wildman–Crippen MR) is 81.9 cm³/mol. The van der Waals surface area contributed by atoms with Crippen LogP contribution in [0.5, 0.6) is 0 Å². The number of benzene rings is 1. The van der Waals surface area contributed by atoms with Crippen LogP contribution < -0.4 is 10.5 Å². The van der Waals surface area contributed by atoms with Crippen molar-refractivity contribution >= 4 is 15.7 Å². The second-order valence-corrected chi connectivity index (χ2v) is 8.11. The van der Waals surface area contributed by atoms with Crippen LogP contribution in [-0.4, -0.2) is 15.0 Å². The Balaban J connectivity index is 2.15. The van der Waals surface area contributed by atoms with Gasteiger partial charge in [-0.05, 0) is 42.9 Å². The van der Waals surface area contributed by atoms with Gasteiger partial charge in [-0.1, -0.05) is 26.2 Å². The van der Waals surface area contributed by atoms with Gasteiger partial charge in [-0.25, -0.2) is 17.5 Å². The fourth-order valence-electron chi connectivity index (χ4n) is 2.85. The highest BCUT2D eigenvalue weighted by atomic mass is 32.2. The van der Waals surface area contributed by atoms with Crippen LogP contribution in [0.1, 0.15) is 44.6 Å². The summed E-state index contributed by atoms with van der Waals surface area (Å²) >= 11 is 0. The minimum absolute atomic E-state index is 0.00589. The minimum atomic E-state index is -3.66. The summed E-state index contributed by atoms with van der Waals surface area (Å²) in [5.41, 5.74) is 5.62. The number of aryl methyl sites for hydroxylation is 1. The molecule has 0 heterocycles. The van der Waals surface area contributed by atoms with Crippen molar-refractivity contribution < 1.29 is 12.8 Å². The molecule has 2 rings (SSSR count). The van der Waals surface area contributed by atoms with Crippen molar-refractivity contribution in [1.29, 1.82) is 0 Å². The summed E-state index contributed by atoms with van der Waals surface area (Å²) in [6.07, 6.45) is 5.55. The van der Waals surface area contributed by atoms with E-state index in [4.69, 9.17) is 5.73 Å². The van der Waals surface area contributed by atoms with Crippen molar-refractivity contribution in [3.8, 4) is 0 Å². The van der Waals surface area contributed by atoms with Crippen molar-refractivity contribution in [2.75, 3.05) is 12.3 Å². The van der Waals surface area contributed by atoms with Crippen molar-refractivity contribution in [1.82, 2.24) is 4.72 Å². The molecule has 1 aromatic rings. The van der Waals surface area contributed by atoms with E-state index in [-0.39, 0.29) is 21.6 Å². The summed E-state index contributed by atoms with van der Waals surface area (Å²) in [7, 11) is -3.66. The maximum atomic E-state index is 13.5. The molecule has 3 N–H and O–H groups in total. The first kappa shape index (κ1) is 16.2. The molecule has 21 heavy (non-hydrogen) atoms. The molecular weight excluding hydrogens is 291 g/mol. The Morgan fingerprint density at radius 1 is 1.29 bits per heavy atom. The number of anilines is 1. The van der Waals surface area contributed by atoms with E-state index >= 15 is 0 Å². The molecule has 4 nitrogen and oxygen atoms in total. The topological polar surface area (TPSA) is 72.2 Å². The first-order valence-corrected chi connectivity index (χ1v) is 8.77. The van der Waals surface area contributed by atoms with Gasteiger partial charge in [-0.3, -0.25) is 0 Å². The van der Waals surface area contributed by atoms with E-state index < -0.39 is 15.8 Å². The number of nitrogens with two attached hydrogens (primary N) is 1. The van der Waals surface area contributed by atoms with Crippen LogP contribution in [0.3, 0.4) is 0 Å². The molecule has 0 radical (unpaired) electrons. The molecule has 1 fully saturated rings. The van der Waals surface area contributed by atoms with Gasteiger partial charge in [0.25, 0.3) is 0 Å². The number of halogens is 1. The normalized spacial score (nSPS) is 18.6. The minimum Gasteiger partial charge on any atom is -0.396 e.